The molecule has 1 aromatic carbocycles. The molecule has 0 unspecified atom stereocenters. The number of nitrogens with zero attached hydrogens (tertiary/aromatic N) is 1. The molecule has 0 spiro atoms. The van der Waals surface area contributed by atoms with Gasteiger partial charge in [-0.2, -0.15) is 0 Å². The van der Waals surface area contributed by atoms with Crippen LogP contribution in [0.2, 0.25) is 10.0 Å². The average Bonchev–Trinajstić information content (AvgIpc) is 2.84. The molecule has 118 valence electrons. The number of pyridine rings is 1. The highest BCUT2D eigenvalue weighted by Crippen LogP contribution is 2.46. The molecule has 0 atom stereocenters. The molecule has 7 heteroatoms. The maximum Gasteiger partial charge on any atom is 0.0796 e. The average molecular weight is 366 g/mol. The van der Waals surface area contributed by atoms with Gasteiger partial charge >= 0.3 is 0 Å². The van der Waals surface area contributed by atoms with Crippen molar-refractivity contribution < 1.29 is 9.84 Å². The highest BCUT2D eigenvalue weighted by Gasteiger charge is 2.27. The summed E-state index contributed by atoms with van der Waals surface area (Å²) in [6.07, 6.45) is 3.25. The molecule has 0 bridgehead atoms. The van der Waals surface area contributed by atoms with E-state index >= 15 is 0 Å². The summed E-state index contributed by atoms with van der Waals surface area (Å²) >= 11 is 13.4. The minimum absolute atomic E-state index is 0.130. The summed E-state index contributed by atoms with van der Waals surface area (Å²) in [7, 11) is 0. The van der Waals surface area contributed by atoms with Crippen LogP contribution in [0.3, 0.4) is 0 Å². The highest BCUT2D eigenvalue weighted by molar-refractivity contribution is 8.04. The normalized spacial score (nSPS) is 15.5. The molecule has 4 nitrogen and oxygen atoms in total. The van der Waals surface area contributed by atoms with Gasteiger partial charge in [0, 0.05) is 38.5 Å². The molecule has 3 rings (SSSR count). The second-order valence-corrected chi connectivity index (χ2v) is 6.64. The van der Waals surface area contributed by atoms with Crippen LogP contribution in [0.15, 0.2) is 46.3 Å². The van der Waals surface area contributed by atoms with Gasteiger partial charge in [-0.15, -0.1) is 0 Å². The van der Waals surface area contributed by atoms with Crippen LogP contribution >= 0.6 is 35.0 Å². The first-order chi connectivity index (χ1) is 11.0. The molecule has 0 radical (unpaired) electrons. The third-order valence-electron chi connectivity index (χ3n) is 3.23. The third kappa shape index (κ3) is 3.04. The van der Waals surface area contributed by atoms with Crippen molar-refractivity contribution in [2.75, 3.05) is 6.61 Å². The Morgan fingerprint density at radius 3 is 2.52 bits per heavy atom. The molecular formula is C16H11Cl2N2O2S-. The molecule has 1 aliphatic heterocycles. The summed E-state index contributed by atoms with van der Waals surface area (Å²) in [6.45, 7) is 2.00. The van der Waals surface area contributed by atoms with Crippen molar-refractivity contribution in [3.63, 3.8) is 0 Å². The molecule has 0 saturated heterocycles. The quantitative estimate of drug-likeness (QED) is 0.831. The fraction of sp³-hybridized carbons (Fsp3) is 0.125. The van der Waals surface area contributed by atoms with Gasteiger partial charge in [0.1, 0.15) is 0 Å². The molecule has 2 heterocycles. The number of hydrogen-bond acceptors (Lipinski definition) is 5. The predicted molar refractivity (Wildman–Crippen MR) is 91.0 cm³/mol. The first-order valence-electron chi connectivity index (χ1n) is 6.77. The zero-order valence-electron chi connectivity index (χ0n) is 12.0. The van der Waals surface area contributed by atoms with E-state index in [2.05, 4.69) is 4.98 Å². The molecule has 1 aromatic heterocycles. The smallest absolute Gasteiger partial charge is 0.0796 e. The van der Waals surface area contributed by atoms with Crippen molar-refractivity contribution in [1.82, 2.24) is 4.98 Å². The zero-order chi connectivity index (χ0) is 16.6. The van der Waals surface area contributed by atoms with Crippen molar-refractivity contribution in [2.24, 2.45) is 0 Å². The molecule has 0 aliphatic carbocycles. The monoisotopic (exact) mass is 365 g/mol. The van der Waals surface area contributed by atoms with Crippen molar-refractivity contribution >= 4 is 40.7 Å². The number of allylic oxidation sites excluding steroid dienone is 1. The van der Waals surface area contributed by atoms with Crippen LogP contribution in [0.25, 0.3) is 11.1 Å². The van der Waals surface area contributed by atoms with Crippen LogP contribution in [0.4, 0.5) is 0 Å². The summed E-state index contributed by atoms with van der Waals surface area (Å²) in [6, 6.07) is 5.20. The number of rotatable bonds is 3. The summed E-state index contributed by atoms with van der Waals surface area (Å²) in [5.74, 6) is -0.492. The Morgan fingerprint density at radius 2 is 1.87 bits per heavy atom. The topological polar surface area (TPSA) is 69.0 Å². The lowest BCUT2D eigenvalue weighted by Gasteiger charge is -2.15. The largest absolute Gasteiger partial charge is 0.613 e. The van der Waals surface area contributed by atoms with Gasteiger partial charge in [0.05, 0.1) is 16.6 Å². The second kappa shape index (κ2) is 6.43. The minimum Gasteiger partial charge on any atom is -0.613 e. The first-order valence-corrected chi connectivity index (χ1v) is 8.34. The Morgan fingerprint density at radius 1 is 1.22 bits per heavy atom. The van der Waals surface area contributed by atoms with Gasteiger partial charge < -0.3 is 9.84 Å². The van der Waals surface area contributed by atoms with E-state index in [-0.39, 0.29) is 17.2 Å². The van der Waals surface area contributed by atoms with Crippen LogP contribution < -0.4 is 5.11 Å². The molecule has 2 aromatic rings. The van der Waals surface area contributed by atoms with E-state index in [4.69, 9.17) is 33.3 Å². The molecular weight excluding hydrogens is 355 g/mol. The highest BCUT2D eigenvalue weighted by atomic mass is 35.5. The van der Waals surface area contributed by atoms with Crippen LogP contribution in [-0.2, 0) is 4.74 Å². The van der Waals surface area contributed by atoms with E-state index in [0.29, 0.717) is 15.6 Å². The Hall–Kier alpha value is -1.69. The number of halogens is 2. The second-order valence-electron chi connectivity index (χ2n) is 4.75. The number of thioether (sulfide) groups is 1. The lowest BCUT2D eigenvalue weighted by molar-refractivity contribution is -0.356. The number of aromatic nitrogens is 1. The summed E-state index contributed by atoms with van der Waals surface area (Å²) in [4.78, 5) is 5.23. The molecule has 0 saturated carbocycles. The standard InChI is InChI=1S/C16H12Cl2N2O2S/c1-2-22-16(21)15-13(19)12-7-20-6-11(14(12)23-15)8-3-9(17)5-10(18)4-8/h3-7,19,21H,2H2,1H3/p-1. The van der Waals surface area contributed by atoms with Gasteiger partial charge in [-0.25, -0.2) is 0 Å². The minimum atomic E-state index is -0.492. The van der Waals surface area contributed by atoms with Crippen LogP contribution in [0.5, 0.6) is 0 Å². The SMILES string of the molecule is CCOC([O-])=C1Sc2c(cncc2-c2cc(Cl)cc(Cl)c2)C1=N. The Labute approximate surface area is 147 Å². The fourth-order valence-electron chi connectivity index (χ4n) is 2.27. The van der Waals surface area contributed by atoms with Crippen LogP contribution in [-0.4, -0.2) is 17.3 Å². The third-order valence-corrected chi connectivity index (χ3v) is 4.89. The van der Waals surface area contributed by atoms with E-state index in [1.54, 1.807) is 37.5 Å². The van der Waals surface area contributed by atoms with Gasteiger partial charge in [0.2, 0.25) is 0 Å². The summed E-state index contributed by atoms with van der Waals surface area (Å²) in [5, 5.41) is 21.2. The first kappa shape index (κ1) is 16.2. The Bertz CT molecular complexity index is 817. The number of nitrogens with one attached hydrogen (secondary N) is 1. The lowest BCUT2D eigenvalue weighted by Crippen LogP contribution is -2.13. The number of hydrogen-bond donors (Lipinski definition) is 1. The number of fused-ring (bicyclic) bond motifs is 1. The molecule has 0 fully saturated rings. The maximum atomic E-state index is 12.0. The predicted octanol–water partition coefficient (Wildman–Crippen LogP) is 4.09. The van der Waals surface area contributed by atoms with E-state index in [1.807, 2.05) is 0 Å². The molecule has 23 heavy (non-hydrogen) atoms. The fourth-order valence-corrected chi connectivity index (χ4v) is 3.90. The van der Waals surface area contributed by atoms with Gasteiger partial charge in [-0.1, -0.05) is 41.9 Å². The molecule has 1 aliphatic rings. The van der Waals surface area contributed by atoms with E-state index in [1.165, 1.54) is 11.8 Å². The van der Waals surface area contributed by atoms with E-state index < -0.39 is 5.95 Å². The number of benzene rings is 1. The number of ether oxygens (including phenoxy) is 1. The van der Waals surface area contributed by atoms with Crippen molar-refractivity contribution in [2.45, 2.75) is 11.8 Å². The van der Waals surface area contributed by atoms with E-state index in [9.17, 15) is 5.11 Å². The molecule has 1 N–H and O–H groups in total. The summed E-state index contributed by atoms with van der Waals surface area (Å²) in [5.41, 5.74) is 2.30. The van der Waals surface area contributed by atoms with Crippen molar-refractivity contribution in [1.29, 1.82) is 5.41 Å². The van der Waals surface area contributed by atoms with Gasteiger partial charge in [-0.05, 0) is 30.4 Å². The lowest BCUT2D eigenvalue weighted by atomic mass is 10.0. The van der Waals surface area contributed by atoms with Crippen molar-refractivity contribution in [3.8, 4) is 11.1 Å². The van der Waals surface area contributed by atoms with Crippen molar-refractivity contribution in [3.05, 3.63) is 57.1 Å². The van der Waals surface area contributed by atoms with Gasteiger partial charge in [0.15, 0.2) is 0 Å². The van der Waals surface area contributed by atoms with Gasteiger partial charge in [0.25, 0.3) is 0 Å². The maximum absolute atomic E-state index is 12.0. The van der Waals surface area contributed by atoms with Crippen LogP contribution in [0.1, 0.15) is 12.5 Å². The van der Waals surface area contributed by atoms with E-state index in [0.717, 1.165) is 16.0 Å². The summed E-state index contributed by atoms with van der Waals surface area (Å²) < 4.78 is 5.01. The molecule has 0 amide bonds. The Balaban J connectivity index is 2.13. The van der Waals surface area contributed by atoms with Crippen LogP contribution in [0, 0.1) is 5.41 Å². The Kier molecular flexibility index (Phi) is 4.53. The zero-order valence-corrected chi connectivity index (χ0v) is 14.4. The van der Waals surface area contributed by atoms with Gasteiger partial charge in [-0.3, -0.25) is 10.4 Å².